The summed E-state index contributed by atoms with van der Waals surface area (Å²) in [7, 11) is 0. The Labute approximate surface area is 133 Å². The maximum atomic E-state index is 10.7. The van der Waals surface area contributed by atoms with Crippen LogP contribution in [0.1, 0.15) is 11.1 Å². The summed E-state index contributed by atoms with van der Waals surface area (Å²) in [6, 6.07) is 10.9. The van der Waals surface area contributed by atoms with E-state index in [1.54, 1.807) is 6.92 Å². The van der Waals surface area contributed by atoms with E-state index in [0.717, 1.165) is 11.3 Å². The van der Waals surface area contributed by atoms with Crippen LogP contribution in [0, 0.1) is 28.4 Å². The highest BCUT2D eigenvalue weighted by molar-refractivity contribution is 5.48. The van der Waals surface area contributed by atoms with E-state index < -0.39 is 4.92 Å². The van der Waals surface area contributed by atoms with Gasteiger partial charge in [0.25, 0.3) is 5.69 Å². The highest BCUT2D eigenvalue weighted by Crippen LogP contribution is 2.17. The average Bonchev–Trinajstić information content (AvgIpc) is 2.54. The summed E-state index contributed by atoms with van der Waals surface area (Å²) in [5, 5.41) is 22.3. The van der Waals surface area contributed by atoms with Crippen molar-refractivity contribution >= 4 is 11.5 Å². The highest BCUT2D eigenvalue weighted by atomic mass is 16.6. The van der Waals surface area contributed by atoms with E-state index in [-0.39, 0.29) is 5.69 Å². The van der Waals surface area contributed by atoms with E-state index in [4.69, 9.17) is 10.00 Å². The standard InChI is InChI=1S/C16H16N4O3/c1-12-10-14(20(21)22)11-19-16(12)18-8-9-23-15-4-2-13(3-5-15)6-7-17/h2-5,10-11H,6,8-9H2,1H3,(H,18,19). The van der Waals surface area contributed by atoms with Crippen molar-refractivity contribution in [1.82, 2.24) is 4.98 Å². The van der Waals surface area contributed by atoms with Crippen LogP contribution in [0.3, 0.4) is 0 Å². The van der Waals surface area contributed by atoms with Crippen LogP contribution in [0.5, 0.6) is 5.75 Å². The molecule has 1 N–H and O–H groups in total. The summed E-state index contributed by atoms with van der Waals surface area (Å²) in [6.07, 6.45) is 1.61. The topological polar surface area (TPSA) is 101 Å². The summed E-state index contributed by atoms with van der Waals surface area (Å²) in [4.78, 5) is 14.2. The molecule has 23 heavy (non-hydrogen) atoms. The van der Waals surface area contributed by atoms with E-state index >= 15 is 0 Å². The number of hydrogen-bond acceptors (Lipinski definition) is 6. The minimum absolute atomic E-state index is 0.0261. The molecule has 0 fully saturated rings. The molecule has 7 nitrogen and oxygen atoms in total. The van der Waals surface area contributed by atoms with Crippen LogP contribution < -0.4 is 10.1 Å². The number of aromatic nitrogens is 1. The lowest BCUT2D eigenvalue weighted by Crippen LogP contribution is -2.13. The van der Waals surface area contributed by atoms with E-state index in [1.165, 1.54) is 12.3 Å². The number of nitrogens with one attached hydrogen (secondary N) is 1. The first-order valence-corrected chi connectivity index (χ1v) is 7.04. The second-order valence-corrected chi connectivity index (χ2v) is 4.87. The van der Waals surface area contributed by atoms with Gasteiger partial charge < -0.3 is 10.1 Å². The molecule has 0 saturated heterocycles. The zero-order valence-electron chi connectivity index (χ0n) is 12.7. The van der Waals surface area contributed by atoms with Crippen LogP contribution >= 0.6 is 0 Å². The monoisotopic (exact) mass is 312 g/mol. The number of anilines is 1. The van der Waals surface area contributed by atoms with E-state index in [2.05, 4.69) is 16.4 Å². The third-order valence-electron chi connectivity index (χ3n) is 3.14. The number of pyridine rings is 1. The zero-order chi connectivity index (χ0) is 16.7. The number of hydrogen-bond donors (Lipinski definition) is 1. The van der Waals surface area contributed by atoms with Gasteiger partial charge >= 0.3 is 0 Å². The molecule has 0 amide bonds. The van der Waals surface area contributed by atoms with Crippen molar-refractivity contribution in [3.63, 3.8) is 0 Å². The van der Waals surface area contributed by atoms with Gasteiger partial charge in [0.05, 0.1) is 24.0 Å². The SMILES string of the molecule is Cc1cc([N+](=O)[O-])cnc1NCCOc1ccc(CC#N)cc1. The minimum Gasteiger partial charge on any atom is -0.492 e. The number of benzene rings is 1. The number of nitrogens with zero attached hydrogens (tertiary/aromatic N) is 3. The number of nitro groups is 1. The molecule has 7 heteroatoms. The molecule has 1 aromatic heterocycles. The van der Waals surface area contributed by atoms with Crippen molar-refractivity contribution in [1.29, 1.82) is 5.26 Å². The van der Waals surface area contributed by atoms with Crippen LogP contribution in [0.15, 0.2) is 36.5 Å². The summed E-state index contributed by atoms with van der Waals surface area (Å²) in [5.41, 5.74) is 1.63. The smallest absolute Gasteiger partial charge is 0.287 e. The molecule has 118 valence electrons. The van der Waals surface area contributed by atoms with Crippen LogP contribution in [0.25, 0.3) is 0 Å². The molecule has 2 aromatic rings. The first kappa shape index (κ1) is 16.2. The van der Waals surface area contributed by atoms with Crippen molar-refractivity contribution in [3.05, 3.63) is 57.8 Å². The lowest BCUT2D eigenvalue weighted by atomic mass is 10.2. The Hall–Kier alpha value is -3.14. The molecule has 0 aliphatic heterocycles. The van der Waals surface area contributed by atoms with E-state index in [9.17, 15) is 10.1 Å². The maximum Gasteiger partial charge on any atom is 0.287 e. The van der Waals surface area contributed by atoms with Crippen molar-refractivity contribution in [2.45, 2.75) is 13.3 Å². The summed E-state index contributed by atoms with van der Waals surface area (Å²) < 4.78 is 5.58. The largest absolute Gasteiger partial charge is 0.492 e. The van der Waals surface area contributed by atoms with Gasteiger partial charge in [-0.05, 0) is 30.2 Å². The average molecular weight is 312 g/mol. The van der Waals surface area contributed by atoms with Gasteiger partial charge in [0.1, 0.15) is 24.4 Å². The first-order valence-electron chi connectivity index (χ1n) is 7.04. The second-order valence-electron chi connectivity index (χ2n) is 4.87. The molecule has 0 saturated carbocycles. The first-order chi connectivity index (χ1) is 11.1. The lowest BCUT2D eigenvalue weighted by Gasteiger charge is -2.10. The third kappa shape index (κ3) is 4.68. The lowest BCUT2D eigenvalue weighted by molar-refractivity contribution is -0.385. The molecule has 1 aromatic carbocycles. The Morgan fingerprint density at radius 2 is 2.13 bits per heavy atom. The molecule has 0 radical (unpaired) electrons. The Morgan fingerprint density at radius 1 is 1.39 bits per heavy atom. The Balaban J connectivity index is 1.81. The molecular weight excluding hydrogens is 296 g/mol. The fraction of sp³-hybridized carbons (Fsp3) is 0.250. The number of nitriles is 1. The summed E-state index contributed by atoms with van der Waals surface area (Å²) >= 11 is 0. The number of rotatable bonds is 7. The van der Waals surface area contributed by atoms with Gasteiger partial charge in [0, 0.05) is 6.07 Å². The molecule has 0 bridgehead atoms. The Morgan fingerprint density at radius 3 is 2.74 bits per heavy atom. The highest BCUT2D eigenvalue weighted by Gasteiger charge is 2.08. The van der Waals surface area contributed by atoms with Gasteiger partial charge in [-0.3, -0.25) is 10.1 Å². The predicted octanol–water partition coefficient (Wildman–Crippen LogP) is 2.86. The Bertz CT molecular complexity index is 723. The van der Waals surface area contributed by atoms with Gasteiger partial charge in [-0.25, -0.2) is 4.98 Å². The third-order valence-corrected chi connectivity index (χ3v) is 3.14. The molecule has 0 aliphatic rings. The van der Waals surface area contributed by atoms with Crippen molar-refractivity contribution in [3.8, 4) is 11.8 Å². The Kier molecular flexibility index (Phi) is 5.47. The summed E-state index contributed by atoms with van der Waals surface area (Å²) in [6.45, 7) is 2.71. The van der Waals surface area contributed by atoms with Crippen LogP contribution in [-0.2, 0) is 6.42 Å². The van der Waals surface area contributed by atoms with Gasteiger partial charge in [0.15, 0.2) is 0 Å². The molecular formula is C16H16N4O3. The van der Waals surface area contributed by atoms with Gasteiger partial charge in [-0.1, -0.05) is 12.1 Å². The predicted molar refractivity (Wildman–Crippen MR) is 85.4 cm³/mol. The fourth-order valence-corrected chi connectivity index (χ4v) is 1.98. The van der Waals surface area contributed by atoms with Gasteiger partial charge in [-0.15, -0.1) is 0 Å². The molecule has 1 heterocycles. The normalized spacial score (nSPS) is 9.91. The molecule has 0 aliphatic carbocycles. The molecule has 0 atom stereocenters. The molecule has 2 rings (SSSR count). The number of aryl methyl sites for hydroxylation is 1. The minimum atomic E-state index is -0.469. The van der Waals surface area contributed by atoms with E-state index in [0.29, 0.717) is 31.0 Å². The van der Waals surface area contributed by atoms with Crippen LogP contribution in [0.4, 0.5) is 11.5 Å². The number of ether oxygens (including phenoxy) is 1. The summed E-state index contributed by atoms with van der Waals surface area (Å²) in [5.74, 6) is 1.32. The molecule has 0 spiro atoms. The second kappa shape index (κ2) is 7.75. The zero-order valence-corrected chi connectivity index (χ0v) is 12.7. The maximum absolute atomic E-state index is 10.7. The van der Waals surface area contributed by atoms with E-state index in [1.807, 2.05) is 24.3 Å². The van der Waals surface area contributed by atoms with Gasteiger partial charge in [-0.2, -0.15) is 5.26 Å². The van der Waals surface area contributed by atoms with Crippen molar-refractivity contribution < 1.29 is 9.66 Å². The quantitative estimate of drug-likeness (QED) is 0.479. The van der Waals surface area contributed by atoms with Gasteiger partial charge in [0.2, 0.25) is 0 Å². The van der Waals surface area contributed by atoms with Crippen molar-refractivity contribution in [2.75, 3.05) is 18.5 Å². The molecule has 0 unspecified atom stereocenters. The fourth-order valence-electron chi connectivity index (χ4n) is 1.98. The van der Waals surface area contributed by atoms with Crippen LogP contribution in [0.2, 0.25) is 0 Å². The van der Waals surface area contributed by atoms with Crippen LogP contribution in [-0.4, -0.2) is 23.1 Å². The van der Waals surface area contributed by atoms with Crippen molar-refractivity contribution in [2.24, 2.45) is 0 Å².